The van der Waals surface area contributed by atoms with Crippen LogP contribution < -0.4 is 0 Å². The highest BCUT2D eigenvalue weighted by Crippen LogP contribution is 2.17. The lowest BCUT2D eigenvalue weighted by atomic mass is 9.98. The Morgan fingerprint density at radius 2 is 1.91 bits per heavy atom. The second kappa shape index (κ2) is 7.25. The molecule has 4 heteroatoms. The second-order valence-corrected chi connectivity index (χ2v) is 6.89. The molecule has 1 aromatic carbocycles. The normalized spacial score (nSPS) is 19.8. The van der Waals surface area contributed by atoms with Gasteiger partial charge in [-0.2, -0.15) is 0 Å². The summed E-state index contributed by atoms with van der Waals surface area (Å²) < 4.78 is 0. The Hall–Kier alpha value is -1.39. The molecule has 4 nitrogen and oxygen atoms in total. The number of benzene rings is 1. The molecule has 2 rings (SSSR count). The standard InChI is InChI=1S/C18H27NO3/c1-18(2,22)11-9-14-5-7-15(8-6-14)17(21)19-12-3-4-16(20)10-13-19/h5-8,16,20,22H,3-4,9-13H2,1-2H3/t16-/m0/s1. The quantitative estimate of drug-likeness (QED) is 0.898. The van der Waals surface area contributed by atoms with E-state index in [0.29, 0.717) is 24.9 Å². The topological polar surface area (TPSA) is 60.8 Å². The molecule has 0 aliphatic carbocycles. The van der Waals surface area contributed by atoms with E-state index in [-0.39, 0.29) is 12.0 Å². The van der Waals surface area contributed by atoms with Crippen LogP contribution in [0.3, 0.4) is 0 Å². The molecule has 1 saturated heterocycles. The van der Waals surface area contributed by atoms with Gasteiger partial charge >= 0.3 is 0 Å². The lowest BCUT2D eigenvalue weighted by molar-refractivity contribution is 0.0711. The van der Waals surface area contributed by atoms with Crippen molar-refractivity contribution >= 4 is 5.91 Å². The van der Waals surface area contributed by atoms with E-state index in [1.165, 1.54) is 0 Å². The van der Waals surface area contributed by atoms with Crippen LogP contribution in [0.15, 0.2) is 24.3 Å². The Bertz CT molecular complexity index is 490. The van der Waals surface area contributed by atoms with E-state index in [4.69, 9.17) is 0 Å². The van der Waals surface area contributed by atoms with Gasteiger partial charge in [0.2, 0.25) is 0 Å². The summed E-state index contributed by atoms with van der Waals surface area (Å²) in [6.45, 7) is 4.95. The summed E-state index contributed by atoms with van der Waals surface area (Å²) in [7, 11) is 0. The van der Waals surface area contributed by atoms with Gasteiger partial charge in [0, 0.05) is 18.7 Å². The molecule has 2 N–H and O–H groups in total. The summed E-state index contributed by atoms with van der Waals surface area (Å²) in [4.78, 5) is 14.3. The zero-order valence-electron chi connectivity index (χ0n) is 13.6. The number of carbonyl (C=O) groups is 1. The first-order valence-electron chi connectivity index (χ1n) is 8.14. The van der Waals surface area contributed by atoms with E-state index < -0.39 is 5.60 Å². The van der Waals surface area contributed by atoms with Crippen LogP contribution in [-0.4, -0.2) is 45.8 Å². The van der Waals surface area contributed by atoms with Gasteiger partial charge in [-0.15, -0.1) is 0 Å². The number of rotatable bonds is 4. The fourth-order valence-electron chi connectivity index (χ4n) is 2.73. The molecule has 1 heterocycles. The van der Waals surface area contributed by atoms with Crippen molar-refractivity contribution in [1.29, 1.82) is 0 Å². The average Bonchev–Trinajstić information content (AvgIpc) is 2.69. The fraction of sp³-hybridized carbons (Fsp3) is 0.611. The molecule has 0 aromatic heterocycles. The minimum absolute atomic E-state index is 0.0446. The minimum Gasteiger partial charge on any atom is -0.393 e. The van der Waals surface area contributed by atoms with E-state index in [1.54, 1.807) is 13.8 Å². The predicted molar refractivity (Wildman–Crippen MR) is 86.8 cm³/mol. The fourth-order valence-corrected chi connectivity index (χ4v) is 2.73. The number of nitrogens with zero attached hydrogens (tertiary/aromatic N) is 1. The highest BCUT2D eigenvalue weighted by Gasteiger charge is 2.20. The Morgan fingerprint density at radius 3 is 2.55 bits per heavy atom. The molecule has 1 fully saturated rings. The summed E-state index contributed by atoms with van der Waals surface area (Å²) >= 11 is 0. The molecule has 0 spiro atoms. The number of aryl methyl sites for hydroxylation is 1. The average molecular weight is 305 g/mol. The maximum absolute atomic E-state index is 12.5. The molecule has 1 amide bonds. The Labute approximate surface area is 132 Å². The number of hydrogen-bond acceptors (Lipinski definition) is 3. The molecule has 122 valence electrons. The van der Waals surface area contributed by atoms with E-state index >= 15 is 0 Å². The van der Waals surface area contributed by atoms with E-state index in [9.17, 15) is 15.0 Å². The second-order valence-electron chi connectivity index (χ2n) is 6.89. The van der Waals surface area contributed by atoms with Gasteiger partial charge in [0.05, 0.1) is 11.7 Å². The molecule has 0 saturated carbocycles. The molecule has 0 unspecified atom stereocenters. The van der Waals surface area contributed by atoms with Crippen molar-refractivity contribution in [2.24, 2.45) is 0 Å². The summed E-state index contributed by atoms with van der Waals surface area (Å²) in [6, 6.07) is 7.66. The molecule has 22 heavy (non-hydrogen) atoms. The third-order valence-electron chi connectivity index (χ3n) is 4.21. The largest absolute Gasteiger partial charge is 0.393 e. The lowest BCUT2D eigenvalue weighted by Gasteiger charge is -2.20. The molecule has 0 bridgehead atoms. The van der Waals surface area contributed by atoms with Crippen molar-refractivity contribution in [3.05, 3.63) is 35.4 Å². The zero-order chi connectivity index (χ0) is 16.2. The SMILES string of the molecule is CC(C)(O)CCc1ccc(C(=O)N2CCC[C@H](O)CC2)cc1. The maximum atomic E-state index is 12.5. The van der Waals surface area contributed by atoms with Crippen LogP contribution in [0.5, 0.6) is 0 Å². The van der Waals surface area contributed by atoms with Crippen molar-refractivity contribution in [3.63, 3.8) is 0 Å². The van der Waals surface area contributed by atoms with Crippen LogP contribution >= 0.6 is 0 Å². The van der Waals surface area contributed by atoms with Gasteiger partial charge in [-0.05, 0) is 63.6 Å². The molecular weight excluding hydrogens is 278 g/mol. The van der Waals surface area contributed by atoms with Crippen molar-refractivity contribution in [2.45, 2.75) is 57.7 Å². The highest BCUT2D eigenvalue weighted by atomic mass is 16.3. The molecule has 0 radical (unpaired) electrons. The van der Waals surface area contributed by atoms with E-state index in [1.807, 2.05) is 29.2 Å². The molecule has 1 aromatic rings. The van der Waals surface area contributed by atoms with E-state index in [0.717, 1.165) is 31.4 Å². The molecule has 1 aliphatic heterocycles. The first-order chi connectivity index (χ1) is 10.3. The lowest BCUT2D eigenvalue weighted by Crippen LogP contribution is -2.32. The third kappa shape index (κ3) is 5.11. The van der Waals surface area contributed by atoms with Gasteiger partial charge in [-0.25, -0.2) is 0 Å². The van der Waals surface area contributed by atoms with Crippen LogP contribution in [-0.2, 0) is 6.42 Å². The minimum atomic E-state index is -0.665. The molecule has 1 aliphatic rings. The van der Waals surface area contributed by atoms with Gasteiger partial charge < -0.3 is 15.1 Å². The highest BCUT2D eigenvalue weighted by molar-refractivity contribution is 5.94. The van der Waals surface area contributed by atoms with Crippen LogP contribution in [0, 0.1) is 0 Å². The van der Waals surface area contributed by atoms with Crippen LogP contribution in [0.4, 0.5) is 0 Å². The van der Waals surface area contributed by atoms with E-state index in [2.05, 4.69) is 0 Å². The maximum Gasteiger partial charge on any atom is 0.253 e. The van der Waals surface area contributed by atoms with Gasteiger partial charge in [0.15, 0.2) is 0 Å². The van der Waals surface area contributed by atoms with Crippen LogP contribution in [0.2, 0.25) is 0 Å². The summed E-state index contributed by atoms with van der Waals surface area (Å²) in [5.41, 5.74) is 1.16. The predicted octanol–water partition coefficient (Wildman–Crippen LogP) is 2.38. The molecular formula is C18H27NO3. The summed E-state index contributed by atoms with van der Waals surface area (Å²) in [6.07, 6.45) is 3.52. The van der Waals surface area contributed by atoms with Gasteiger partial charge in [-0.3, -0.25) is 4.79 Å². The summed E-state index contributed by atoms with van der Waals surface area (Å²) in [5.74, 6) is 0.0446. The Morgan fingerprint density at radius 1 is 1.23 bits per heavy atom. The van der Waals surface area contributed by atoms with Crippen molar-refractivity contribution in [1.82, 2.24) is 4.90 Å². The van der Waals surface area contributed by atoms with Gasteiger partial charge in [-0.1, -0.05) is 12.1 Å². The number of aliphatic hydroxyl groups is 2. The van der Waals surface area contributed by atoms with Crippen LogP contribution in [0.25, 0.3) is 0 Å². The van der Waals surface area contributed by atoms with Crippen molar-refractivity contribution in [2.75, 3.05) is 13.1 Å². The number of hydrogen-bond donors (Lipinski definition) is 2. The Balaban J connectivity index is 1.96. The number of likely N-dealkylation sites (tertiary alicyclic amines) is 1. The number of amides is 1. The number of aliphatic hydroxyl groups excluding tert-OH is 1. The Kier molecular flexibility index (Phi) is 5.59. The van der Waals surface area contributed by atoms with Gasteiger partial charge in [0.25, 0.3) is 5.91 Å². The van der Waals surface area contributed by atoms with Gasteiger partial charge in [0.1, 0.15) is 0 Å². The molecule has 1 atom stereocenters. The van der Waals surface area contributed by atoms with Crippen molar-refractivity contribution < 1.29 is 15.0 Å². The van der Waals surface area contributed by atoms with Crippen molar-refractivity contribution in [3.8, 4) is 0 Å². The monoisotopic (exact) mass is 305 g/mol. The first kappa shape index (κ1) is 17.0. The number of carbonyl (C=O) groups excluding carboxylic acids is 1. The zero-order valence-corrected chi connectivity index (χ0v) is 13.6. The van der Waals surface area contributed by atoms with Crippen LogP contribution in [0.1, 0.15) is 55.5 Å². The summed E-state index contributed by atoms with van der Waals surface area (Å²) in [5, 5.41) is 19.4. The first-order valence-corrected chi connectivity index (χ1v) is 8.14. The smallest absolute Gasteiger partial charge is 0.253 e. The third-order valence-corrected chi connectivity index (χ3v) is 4.21.